The molecule has 1 saturated heterocycles. The van der Waals surface area contributed by atoms with Gasteiger partial charge in [0.15, 0.2) is 0 Å². The van der Waals surface area contributed by atoms with Gasteiger partial charge in [0.05, 0.1) is 0 Å². The van der Waals surface area contributed by atoms with Gasteiger partial charge >= 0.3 is 0 Å². The van der Waals surface area contributed by atoms with E-state index >= 15 is 0 Å². The molecule has 2 amide bonds. The molecule has 4 nitrogen and oxygen atoms in total. The minimum atomic E-state index is -0.830. The molecule has 0 saturated carbocycles. The van der Waals surface area contributed by atoms with E-state index in [0.717, 1.165) is 0 Å². The first-order valence-electron chi connectivity index (χ1n) is 7.18. The topological polar surface area (TPSA) is 49.4 Å². The number of amides is 2. The van der Waals surface area contributed by atoms with Gasteiger partial charge in [0, 0.05) is 17.9 Å². The maximum Gasteiger partial charge on any atom is 0.239 e. The highest BCUT2D eigenvalue weighted by Gasteiger charge is 2.37. The van der Waals surface area contributed by atoms with Crippen LogP contribution in [0.5, 0.6) is 0 Å². The van der Waals surface area contributed by atoms with Crippen molar-refractivity contribution in [2.45, 2.75) is 6.42 Å². The van der Waals surface area contributed by atoms with Crippen molar-refractivity contribution in [1.29, 1.82) is 0 Å². The molecule has 23 heavy (non-hydrogen) atoms. The van der Waals surface area contributed by atoms with Crippen LogP contribution in [0.15, 0.2) is 48.5 Å². The molecule has 1 N–H and O–H groups in total. The zero-order chi connectivity index (χ0) is 16.4. The molecule has 0 aliphatic carbocycles. The SMILES string of the molecule is O=C(Nc1cccc(F)c1)[C@@H]1CCN(c2ccc(F)cc2)C1=O. The number of anilines is 2. The monoisotopic (exact) mass is 316 g/mol. The van der Waals surface area contributed by atoms with Gasteiger partial charge in [0.1, 0.15) is 17.6 Å². The van der Waals surface area contributed by atoms with Crippen molar-refractivity contribution in [3.8, 4) is 0 Å². The molecule has 0 aromatic heterocycles. The van der Waals surface area contributed by atoms with Crippen molar-refractivity contribution < 1.29 is 18.4 Å². The average molecular weight is 316 g/mol. The van der Waals surface area contributed by atoms with E-state index in [1.807, 2.05) is 0 Å². The summed E-state index contributed by atoms with van der Waals surface area (Å²) in [6, 6.07) is 11.0. The fourth-order valence-electron chi connectivity index (χ4n) is 2.60. The third-order valence-corrected chi connectivity index (χ3v) is 3.75. The Labute approximate surface area is 131 Å². The van der Waals surface area contributed by atoms with E-state index in [-0.39, 0.29) is 11.7 Å². The van der Waals surface area contributed by atoms with Crippen LogP contribution in [0.3, 0.4) is 0 Å². The molecule has 1 aliphatic heterocycles. The van der Waals surface area contributed by atoms with Gasteiger partial charge in [0.25, 0.3) is 0 Å². The van der Waals surface area contributed by atoms with E-state index < -0.39 is 17.6 Å². The van der Waals surface area contributed by atoms with Gasteiger partial charge < -0.3 is 10.2 Å². The lowest BCUT2D eigenvalue weighted by atomic mass is 10.1. The van der Waals surface area contributed by atoms with E-state index in [4.69, 9.17) is 0 Å². The first-order chi connectivity index (χ1) is 11.0. The summed E-state index contributed by atoms with van der Waals surface area (Å²) in [5.41, 5.74) is 0.862. The second kappa shape index (κ2) is 6.16. The molecular weight excluding hydrogens is 302 g/mol. The molecule has 2 aromatic carbocycles. The Balaban J connectivity index is 1.71. The van der Waals surface area contributed by atoms with Crippen LogP contribution in [0.4, 0.5) is 20.2 Å². The number of carbonyl (C=O) groups is 2. The summed E-state index contributed by atoms with van der Waals surface area (Å²) >= 11 is 0. The van der Waals surface area contributed by atoms with Crippen LogP contribution in [0.1, 0.15) is 6.42 Å². The summed E-state index contributed by atoms with van der Waals surface area (Å²) in [4.78, 5) is 26.1. The summed E-state index contributed by atoms with van der Waals surface area (Å²) in [5, 5.41) is 2.55. The summed E-state index contributed by atoms with van der Waals surface area (Å²) in [5.74, 6) is -2.49. The molecule has 6 heteroatoms. The summed E-state index contributed by atoms with van der Waals surface area (Å²) in [6.45, 7) is 0.381. The highest BCUT2D eigenvalue weighted by molar-refractivity contribution is 6.13. The van der Waals surface area contributed by atoms with Gasteiger partial charge in [-0.2, -0.15) is 0 Å². The lowest BCUT2D eigenvalue weighted by Crippen LogP contribution is -2.33. The van der Waals surface area contributed by atoms with Crippen LogP contribution in [0, 0.1) is 17.6 Å². The fourth-order valence-corrected chi connectivity index (χ4v) is 2.60. The molecule has 1 atom stereocenters. The number of rotatable bonds is 3. The van der Waals surface area contributed by atoms with Gasteiger partial charge in [-0.3, -0.25) is 9.59 Å². The first-order valence-corrected chi connectivity index (χ1v) is 7.18. The normalized spacial score (nSPS) is 17.4. The quantitative estimate of drug-likeness (QED) is 0.885. The number of carbonyl (C=O) groups excluding carboxylic acids is 2. The molecule has 1 fully saturated rings. The van der Waals surface area contributed by atoms with Crippen molar-refractivity contribution in [2.75, 3.05) is 16.8 Å². The number of halogens is 2. The number of nitrogens with zero attached hydrogens (tertiary/aromatic N) is 1. The van der Waals surface area contributed by atoms with E-state index in [0.29, 0.717) is 24.3 Å². The standard InChI is InChI=1S/C17H14F2N2O2/c18-11-4-6-14(7-5-11)21-9-8-15(17(21)23)16(22)20-13-3-1-2-12(19)10-13/h1-7,10,15H,8-9H2,(H,20,22)/t15-/m0/s1. The van der Waals surface area contributed by atoms with Crippen molar-refractivity contribution in [2.24, 2.45) is 5.92 Å². The third kappa shape index (κ3) is 3.21. The number of benzene rings is 2. The Bertz CT molecular complexity index is 747. The molecule has 0 radical (unpaired) electrons. The zero-order valence-electron chi connectivity index (χ0n) is 12.1. The van der Waals surface area contributed by atoms with Crippen molar-refractivity contribution >= 4 is 23.2 Å². The van der Waals surface area contributed by atoms with E-state index in [9.17, 15) is 18.4 Å². The molecule has 0 bridgehead atoms. The number of nitrogens with one attached hydrogen (secondary N) is 1. The Morgan fingerprint density at radius 1 is 1.09 bits per heavy atom. The third-order valence-electron chi connectivity index (χ3n) is 3.75. The fraction of sp³-hybridized carbons (Fsp3) is 0.176. The predicted octanol–water partition coefficient (Wildman–Crippen LogP) is 2.96. The predicted molar refractivity (Wildman–Crippen MR) is 81.9 cm³/mol. The maximum absolute atomic E-state index is 13.1. The number of hydrogen-bond donors (Lipinski definition) is 1. The van der Waals surface area contributed by atoms with Gasteiger partial charge in [-0.25, -0.2) is 8.78 Å². The van der Waals surface area contributed by atoms with Crippen LogP contribution >= 0.6 is 0 Å². The van der Waals surface area contributed by atoms with Gasteiger partial charge in [-0.1, -0.05) is 6.07 Å². The lowest BCUT2D eigenvalue weighted by Gasteiger charge is -2.16. The Morgan fingerprint density at radius 3 is 2.52 bits per heavy atom. The van der Waals surface area contributed by atoms with E-state index in [2.05, 4.69) is 5.32 Å². The second-order valence-corrected chi connectivity index (χ2v) is 5.31. The van der Waals surface area contributed by atoms with Gasteiger partial charge in [0.2, 0.25) is 11.8 Å². The van der Waals surface area contributed by atoms with Gasteiger partial charge in [-0.15, -0.1) is 0 Å². The molecule has 0 spiro atoms. The second-order valence-electron chi connectivity index (χ2n) is 5.31. The van der Waals surface area contributed by atoms with Crippen LogP contribution in [0.25, 0.3) is 0 Å². The molecule has 1 heterocycles. The smallest absolute Gasteiger partial charge is 0.239 e. The van der Waals surface area contributed by atoms with Crippen LogP contribution in [0.2, 0.25) is 0 Å². The van der Waals surface area contributed by atoms with Crippen LogP contribution in [-0.2, 0) is 9.59 Å². The Morgan fingerprint density at radius 2 is 1.83 bits per heavy atom. The molecule has 3 rings (SSSR count). The molecule has 118 valence electrons. The summed E-state index contributed by atoms with van der Waals surface area (Å²) in [7, 11) is 0. The Kier molecular flexibility index (Phi) is 4.06. The molecule has 2 aromatic rings. The summed E-state index contributed by atoms with van der Waals surface area (Å²) < 4.78 is 26.1. The maximum atomic E-state index is 13.1. The van der Waals surface area contributed by atoms with Crippen molar-refractivity contribution in [3.63, 3.8) is 0 Å². The number of hydrogen-bond acceptors (Lipinski definition) is 2. The van der Waals surface area contributed by atoms with Gasteiger partial charge in [-0.05, 0) is 48.9 Å². The zero-order valence-corrected chi connectivity index (χ0v) is 12.1. The Hall–Kier alpha value is -2.76. The van der Waals surface area contributed by atoms with Crippen LogP contribution in [-0.4, -0.2) is 18.4 Å². The molecule has 0 unspecified atom stereocenters. The highest BCUT2D eigenvalue weighted by atomic mass is 19.1. The van der Waals surface area contributed by atoms with Crippen molar-refractivity contribution in [1.82, 2.24) is 0 Å². The average Bonchev–Trinajstić information content (AvgIpc) is 2.90. The molecular formula is C17H14F2N2O2. The van der Waals surface area contributed by atoms with E-state index in [1.165, 1.54) is 47.4 Å². The molecule has 1 aliphatic rings. The van der Waals surface area contributed by atoms with E-state index in [1.54, 1.807) is 6.07 Å². The lowest BCUT2D eigenvalue weighted by molar-refractivity contribution is -0.129. The minimum absolute atomic E-state index is 0.308. The highest BCUT2D eigenvalue weighted by Crippen LogP contribution is 2.26. The minimum Gasteiger partial charge on any atom is -0.325 e. The van der Waals surface area contributed by atoms with Crippen molar-refractivity contribution in [3.05, 3.63) is 60.2 Å². The largest absolute Gasteiger partial charge is 0.325 e. The summed E-state index contributed by atoms with van der Waals surface area (Å²) in [6.07, 6.45) is 0.358. The first kappa shape index (κ1) is 15.1. The van der Waals surface area contributed by atoms with Crippen LogP contribution < -0.4 is 10.2 Å².